The van der Waals surface area contributed by atoms with Crippen molar-refractivity contribution in [1.29, 1.82) is 0 Å². The molecule has 1 amide bonds. The maximum Gasteiger partial charge on any atom is 0.409 e. The third-order valence-corrected chi connectivity index (χ3v) is 9.69. The molecular weight excluding hydrogens is 624 g/mol. The highest BCUT2D eigenvalue weighted by molar-refractivity contribution is 6.03. The second-order valence-corrected chi connectivity index (χ2v) is 14.2. The predicted molar refractivity (Wildman–Crippen MR) is 191 cm³/mol. The summed E-state index contributed by atoms with van der Waals surface area (Å²) >= 11 is 0. The summed E-state index contributed by atoms with van der Waals surface area (Å²) in [6.45, 7) is 17.0. The van der Waals surface area contributed by atoms with Crippen molar-refractivity contribution in [3.63, 3.8) is 0 Å². The molecular formula is C39H58N2O8. The minimum absolute atomic E-state index is 0.122. The van der Waals surface area contributed by atoms with Crippen LogP contribution in [0.3, 0.4) is 0 Å². The third kappa shape index (κ3) is 8.70. The first-order chi connectivity index (χ1) is 23.6. The van der Waals surface area contributed by atoms with Crippen molar-refractivity contribution in [2.45, 2.75) is 102 Å². The Kier molecular flexibility index (Phi) is 13.8. The van der Waals surface area contributed by atoms with Gasteiger partial charge in [0.1, 0.15) is 29.7 Å². The molecule has 0 saturated heterocycles. The normalized spacial score (nSPS) is 26.5. The number of aliphatic hydroxyl groups is 2. The Morgan fingerprint density at radius 3 is 2.45 bits per heavy atom. The zero-order chi connectivity index (χ0) is 35.6. The van der Waals surface area contributed by atoms with E-state index in [4.69, 9.17) is 28.9 Å². The van der Waals surface area contributed by atoms with E-state index in [2.05, 4.69) is 25.3 Å². The molecule has 3 aliphatic rings. The van der Waals surface area contributed by atoms with Gasteiger partial charge in [-0.3, -0.25) is 4.90 Å². The van der Waals surface area contributed by atoms with Gasteiger partial charge in [-0.05, 0) is 88.5 Å². The molecule has 10 nitrogen and oxygen atoms in total. The van der Waals surface area contributed by atoms with Crippen LogP contribution in [0.15, 0.2) is 60.3 Å². The third-order valence-electron chi connectivity index (χ3n) is 9.69. The molecule has 10 heteroatoms. The van der Waals surface area contributed by atoms with Crippen molar-refractivity contribution in [2.24, 2.45) is 22.9 Å². The number of unbranched alkanes of at least 4 members (excludes halogenated alkanes) is 2. The van der Waals surface area contributed by atoms with Gasteiger partial charge in [0.15, 0.2) is 0 Å². The van der Waals surface area contributed by atoms with Crippen LogP contribution in [0.5, 0.6) is 11.5 Å². The minimum Gasteiger partial charge on any atom is -0.490 e. The quantitative estimate of drug-likeness (QED) is 0.0951. The molecule has 1 aromatic rings. The van der Waals surface area contributed by atoms with Crippen molar-refractivity contribution in [1.82, 2.24) is 4.90 Å². The van der Waals surface area contributed by atoms with E-state index >= 15 is 0 Å². The lowest BCUT2D eigenvalue weighted by atomic mass is 9.55. The number of benzene rings is 1. The zero-order valence-corrected chi connectivity index (χ0v) is 30.2. The average molecular weight is 683 g/mol. The average Bonchev–Trinajstić information content (AvgIpc) is 3.08. The van der Waals surface area contributed by atoms with Crippen LogP contribution in [0.4, 0.5) is 4.79 Å². The van der Waals surface area contributed by atoms with Crippen LogP contribution in [0.2, 0.25) is 0 Å². The lowest BCUT2D eigenvalue weighted by Gasteiger charge is -2.60. The van der Waals surface area contributed by atoms with Gasteiger partial charge in [0, 0.05) is 37.7 Å². The molecule has 0 spiro atoms. The maximum atomic E-state index is 13.6. The van der Waals surface area contributed by atoms with Crippen molar-refractivity contribution in [3.8, 4) is 11.5 Å². The highest BCUT2D eigenvalue weighted by Gasteiger charge is 2.65. The molecule has 1 aliphatic heterocycles. The number of oxime groups is 1. The first-order valence-electron chi connectivity index (χ1n) is 17.9. The molecule has 1 heterocycles. The van der Waals surface area contributed by atoms with Crippen LogP contribution in [-0.2, 0) is 14.3 Å². The first-order valence-corrected chi connectivity index (χ1v) is 17.9. The fraction of sp³-hybridized carbons (Fsp3) is 0.641. The second kappa shape index (κ2) is 17.5. The lowest BCUT2D eigenvalue weighted by Crippen LogP contribution is -2.70. The van der Waals surface area contributed by atoms with E-state index in [0.717, 1.165) is 42.5 Å². The van der Waals surface area contributed by atoms with Crippen LogP contribution in [0.1, 0.15) is 90.5 Å². The number of nitrogens with zero attached hydrogens (tertiary/aromatic N) is 2. The molecule has 6 unspecified atom stereocenters. The van der Waals surface area contributed by atoms with E-state index in [1.165, 1.54) is 7.11 Å². The van der Waals surface area contributed by atoms with E-state index in [-0.39, 0.29) is 43.5 Å². The summed E-state index contributed by atoms with van der Waals surface area (Å²) < 4.78 is 25.5. The number of methoxy groups -OCH3 is 1. The number of aliphatic hydroxyl groups excluding tert-OH is 2. The predicted octanol–water partition coefficient (Wildman–Crippen LogP) is 7.16. The topological polar surface area (TPSA) is 119 Å². The van der Waals surface area contributed by atoms with E-state index < -0.39 is 23.5 Å². The maximum absolute atomic E-state index is 13.6. The number of rotatable bonds is 18. The fourth-order valence-corrected chi connectivity index (χ4v) is 7.82. The van der Waals surface area contributed by atoms with Gasteiger partial charge in [0.05, 0.1) is 25.3 Å². The molecule has 0 aromatic heterocycles. The molecule has 272 valence electrons. The fourth-order valence-electron chi connectivity index (χ4n) is 7.82. The number of carbonyl (C=O) groups is 1. The number of carbonyl (C=O) groups excluding carboxylic acids is 1. The van der Waals surface area contributed by atoms with Gasteiger partial charge in [0.25, 0.3) is 0 Å². The van der Waals surface area contributed by atoms with Crippen LogP contribution in [0, 0.1) is 17.8 Å². The van der Waals surface area contributed by atoms with Crippen molar-refractivity contribution in [2.75, 3.05) is 40.1 Å². The van der Waals surface area contributed by atoms with E-state index in [1.807, 2.05) is 39.8 Å². The Hall–Kier alpha value is -3.34. The smallest absolute Gasteiger partial charge is 0.409 e. The molecule has 49 heavy (non-hydrogen) atoms. The second-order valence-electron chi connectivity index (χ2n) is 14.2. The van der Waals surface area contributed by atoms with Gasteiger partial charge in [-0.15, -0.1) is 6.58 Å². The van der Waals surface area contributed by atoms with Gasteiger partial charge >= 0.3 is 6.09 Å². The molecule has 0 bridgehead atoms. The van der Waals surface area contributed by atoms with E-state index in [0.29, 0.717) is 50.3 Å². The van der Waals surface area contributed by atoms with Crippen molar-refractivity contribution < 1.29 is 38.8 Å². The van der Waals surface area contributed by atoms with Crippen LogP contribution in [-0.4, -0.2) is 84.4 Å². The number of hydrogen-bond acceptors (Lipinski definition) is 9. The summed E-state index contributed by atoms with van der Waals surface area (Å²) in [6, 6.07) is 5.30. The van der Waals surface area contributed by atoms with Crippen LogP contribution in [0.25, 0.3) is 0 Å². The molecule has 6 atom stereocenters. The summed E-state index contributed by atoms with van der Waals surface area (Å²) in [5.41, 5.74) is 2.21. The van der Waals surface area contributed by atoms with Crippen LogP contribution < -0.4 is 9.47 Å². The summed E-state index contributed by atoms with van der Waals surface area (Å²) in [7, 11) is 1.40. The lowest BCUT2D eigenvalue weighted by molar-refractivity contribution is -0.255. The largest absolute Gasteiger partial charge is 0.490 e. The highest BCUT2D eigenvalue weighted by Crippen LogP contribution is 2.62. The molecule has 2 N–H and O–H groups in total. The monoisotopic (exact) mass is 682 g/mol. The molecule has 4 rings (SSSR count). The number of hydrogen-bond donors (Lipinski definition) is 2. The van der Waals surface area contributed by atoms with Crippen LogP contribution >= 0.6 is 0 Å². The Bertz CT molecular complexity index is 1340. The molecule has 1 aromatic carbocycles. The summed E-state index contributed by atoms with van der Waals surface area (Å²) in [5.74, 6) is -0.151. The number of allylic oxidation sites excluding steroid dienone is 1. The van der Waals surface area contributed by atoms with E-state index in [1.54, 1.807) is 17.1 Å². The van der Waals surface area contributed by atoms with Gasteiger partial charge in [-0.25, -0.2) is 4.79 Å². The van der Waals surface area contributed by atoms with Crippen molar-refractivity contribution in [3.05, 3.63) is 60.7 Å². The van der Waals surface area contributed by atoms with Gasteiger partial charge in [0.2, 0.25) is 5.79 Å². The summed E-state index contributed by atoms with van der Waals surface area (Å²) in [5, 5.41) is 24.3. The molecule has 1 saturated carbocycles. The Morgan fingerprint density at radius 1 is 1.10 bits per heavy atom. The first kappa shape index (κ1) is 38.5. The SMILES string of the molecule is C=CCOc1ccc2c(c1)C1C(CCCCO)C(CCCCO)C=C3C(=NOC(C)(C)C)CC(N(CCC)C(=O)OC)C(OCC=C)(O2)C31. The van der Waals surface area contributed by atoms with Gasteiger partial charge in [-0.2, -0.15) is 0 Å². The number of fused-ring (bicyclic) bond motifs is 2. The Labute approximate surface area is 292 Å². The van der Waals surface area contributed by atoms with E-state index in [9.17, 15) is 15.0 Å². The van der Waals surface area contributed by atoms with Gasteiger partial charge in [-0.1, -0.05) is 49.7 Å². The summed E-state index contributed by atoms with van der Waals surface area (Å²) in [4.78, 5) is 21.5. The Morgan fingerprint density at radius 2 is 1.82 bits per heavy atom. The number of amides is 1. The highest BCUT2D eigenvalue weighted by atomic mass is 16.7. The Balaban J connectivity index is 2.06. The number of ether oxygens (including phenoxy) is 4. The zero-order valence-electron chi connectivity index (χ0n) is 30.2. The molecule has 2 aliphatic carbocycles. The van der Waals surface area contributed by atoms with Gasteiger partial charge < -0.3 is 34.0 Å². The minimum atomic E-state index is -1.31. The van der Waals surface area contributed by atoms with Crippen molar-refractivity contribution >= 4 is 11.8 Å². The molecule has 1 fully saturated rings. The summed E-state index contributed by atoms with van der Waals surface area (Å²) in [6.07, 6.45) is 11.2. The molecule has 0 radical (unpaired) electrons. The standard InChI is InChI=1S/C39H58N2O8/c1-8-19-41(37(44)45-7)34-26-32(40-49-38(4,5)6)30-24-27(15-11-13-20-42)29(16-12-14-21-43)35-31-25-28(46-22-9-2)17-18-33(31)48-39(34,36(30)35)47-23-10-3/h9-10,17-18,24-25,27,29,34-36,42-43H,2-3,8,11-16,19-23,26H2,1,4-7H3.